The summed E-state index contributed by atoms with van der Waals surface area (Å²) in [6.45, 7) is 4.17. The fourth-order valence-electron chi connectivity index (χ4n) is 3.16. The van der Waals surface area contributed by atoms with Gasteiger partial charge in [-0.3, -0.25) is 14.4 Å². The number of halogens is 1. The molecule has 0 bridgehead atoms. The first-order valence-corrected chi connectivity index (χ1v) is 10.1. The van der Waals surface area contributed by atoms with Gasteiger partial charge in [0, 0.05) is 17.1 Å². The van der Waals surface area contributed by atoms with Crippen molar-refractivity contribution in [3.05, 3.63) is 75.3 Å². The number of benzene rings is 2. The normalized spacial score (nSPS) is 11.8. The summed E-state index contributed by atoms with van der Waals surface area (Å²) in [5.41, 5.74) is 0.660. The second-order valence-corrected chi connectivity index (χ2v) is 7.43. The van der Waals surface area contributed by atoms with Crippen LogP contribution in [0.3, 0.4) is 0 Å². The number of carbonyl (C=O) groups is 2. The average molecular weight is 427 g/mol. The highest BCUT2D eigenvalue weighted by atomic mass is 35.5. The topological polar surface area (TPSA) is 95.2 Å². The Bertz CT molecular complexity index is 1110. The molecule has 2 aromatic carbocycles. The Morgan fingerprint density at radius 2 is 1.93 bits per heavy atom. The summed E-state index contributed by atoms with van der Waals surface area (Å²) >= 11 is 6.01. The van der Waals surface area contributed by atoms with E-state index in [2.05, 4.69) is 15.3 Å². The fraction of sp³-hybridized carbons (Fsp3) is 0.273. The molecule has 7 nitrogen and oxygen atoms in total. The van der Waals surface area contributed by atoms with Gasteiger partial charge in [0.2, 0.25) is 5.91 Å². The molecule has 1 heterocycles. The molecule has 3 rings (SSSR count). The van der Waals surface area contributed by atoms with E-state index in [0.29, 0.717) is 40.3 Å². The van der Waals surface area contributed by atoms with Gasteiger partial charge in [-0.05, 0) is 43.7 Å². The highest BCUT2D eigenvalue weighted by Gasteiger charge is 2.23. The van der Waals surface area contributed by atoms with Gasteiger partial charge in [-0.15, -0.1) is 0 Å². The Morgan fingerprint density at radius 3 is 2.63 bits per heavy atom. The molecule has 156 valence electrons. The number of aromatic amines is 1. The number of carbonyl (C=O) groups excluding carboxylic acids is 2. The Morgan fingerprint density at radius 1 is 1.20 bits per heavy atom. The highest BCUT2D eigenvalue weighted by Crippen LogP contribution is 2.15. The molecule has 0 fully saturated rings. The number of aromatic nitrogens is 2. The van der Waals surface area contributed by atoms with Gasteiger partial charge < -0.3 is 15.2 Å². The molecule has 30 heavy (non-hydrogen) atoms. The maximum Gasteiger partial charge on any atom is 0.258 e. The second kappa shape index (κ2) is 9.54. The first-order chi connectivity index (χ1) is 14.4. The molecular weight excluding hydrogens is 404 g/mol. The van der Waals surface area contributed by atoms with Gasteiger partial charge in [-0.2, -0.15) is 0 Å². The summed E-state index contributed by atoms with van der Waals surface area (Å²) in [6, 6.07) is 12.8. The number of hydrogen-bond acceptors (Lipinski definition) is 4. The van der Waals surface area contributed by atoms with E-state index in [4.69, 9.17) is 11.6 Å². The first kappa shape index (κ1) is 21.5. The Kier molecular flexibility index (Phi) is 6.84. The molecule has 0 spiro atoms. The molecule has 1 aromatic heterocycles. The lowest BCUT2D eigenvalue weighted by molar-refractivity contribution is -0.133. The minimum Gasteiger partial charge on any atom is -0.341 e. The van der Waals surface area contributed by atoms with Crippen molar-refractivity contribution in [2.24, 2.45) is 0 Å². The Labute approximate surface area is 179 Å². The first-order valence-electron chi connectivity index (χ1n) is 9.72. The number of fused-ring (bicyclic) bond motifs is 1. The fourth-order valence-corrected chi connectivity index (χ4v) is 3.33. The molecule has 0 saturated heterocycles. The number of nitrogens with zero attached hydrogens (tertiary/aromatic N) is 2. The van der Waals surface area contributed by atoms with E-state index in [0.717, 1.165) is 0 Å². The molecule has 1 unspecified atom stereocenters. The van der Waals surface area contributed by atoms with Crippen molar-refractivity contribution in [2.75, 3.05) is 6.54 Å². The third-order valence-corrected chi connectivity index (χ3v) is 4.85. The van der Waals surface area contributed by atoms with Gasteiger partial charge in [0.1, 0.15) is 11.9 Å². The van der Waals surface area contributed by atoms with E-state index >= 15 is 0 Å². The van der Waals surface area contributed by atoms with Crippen LogP contribution in [0.1, 0.15) is 36.5 Å². The van der Waals surface area contributed by atoms with E-state index < -0.39 is 6.04 Å². The monoisotopic (exact) mass is 426 g/mol. The zero-order chi connectivity index (χ0) is 21.7. The Hall–Kier alpha value is -3.19. The van der Waals surface area contributed by atoms with Crippen molar-refractivity contribution in [3.63, 3.8) is 0 Å². The van der Waals surface area contributed by atoms with Crippen molar-refractivity contribution in [1.82, 2.24) is 20.2 Å². The van der Waals surface area contributed by atoms with Crippen LogP contribution < -0.4 is 10.9 Å². The molecule has 0 aliphatic rings. The average Bonchev–Trinajstić information content (AvgIpc) is 2.73. The van der Waals surface area contributed by atoms with E-state index in [9.17, 15) is 14.4 Å². The third kappa shape index (κ3) is 5.04. The quantitative estimate of drug-likeness (QED) is 0.606. The van der Waals surface area contributed by atoms with Crippen LogP contribution in [0.5, 0.6) is 0 Å². The van der Waals surface area contributed by atoms with Crippen LogP contribution in [0.4, 0.5) is 0 Å². The lowest BCUT2D eigenvalue weighted by atomic mass is 10.2. The summed E-state index contributed by atoms with van der Waals surface area (Å²) in [4.78, 5) is 46.5. The molecule has 3 aromatic rings. The van der Waals surface area contributed by atoms with E-state index in [1.54, 1.807) is 54.3 Å². The van der Waals surface area contributed by atoms with Crippen LogP contribution in [0.15, 0.2) is 53.3 Å². The lowest BCUT2D eigenvalue weighted by Crippen LogP contribution is -2.47. The highest BCUT2D eigenvalue weighted by molar-refractivity contribution is 6.31. The summed E-state index contributed by atoms with van der Waals surface area (Å²) in [6.07, 6.45) is 0.717. The van der Waals surface area contributed by atoms with E-state index in [1.807, 2.05) is 13.0 Å². The van der Waals surface area contributed by atoms with Crippen molar-refractivity contribution in [1.29, 1.82) is 0 Å². The van der Waals surface area contributed by atoms with Gasteiger partial charge in [0.15, 0.2) is 0 Å². The van der Waals surface area contributed by atoms with Crippen molar-refractivity contribution >= 4 is 34.3 Å². The summed E-state index contributed by atoms with van der Waals surface area (Å²) in [7, 11) is 0. The molecule has 0 aliphatic heterocycles. The summed E-state index contributed by atoms with van der Waals surface area (Å²) in [5, 5.41) is 3.64. The zero-order valence-electron chi connectivity index (χ0n) is 16.8. The van der Waals surface area contributed by atoms with Gasteiger partial charge in [-0.1, -0.05) is 36.7 Å². The van der Waals surface area contributed by atoms with Gasteiger partial charge in [-0.25, -0.2) is 4.98 Å². The third-order valence-electron chi connectivity index (χ3n) is 4.62. The molecule has 1 atom stereocenters. The SMILES string of the molecule is CCCN(Cc1nc2cc(Cl)ccc2c(=O)[nH]1)C(=O)C(C)NC(=O)c1ccccc1. The summed E-state index contributed by atoms with van der Waals surface area (Å²) < 4.78 is 0. The maximum atomic E-state index is 13.0. The minimum atomic E-state index is -0.731. The van der Waals surface area contributed by atoms with E-state index in [-0.39, 0.29) is 23.9 Å². The van der Waals surface area contributed by atoms with Crippen LogP contribution in [0.2, 0.25) is 5.02 Å². The van der Waals surface area contributed by atoms with Crippen LogP contribution in [0, 0.1) is 0 Å². The molecule has 0 radical (unpaired) electrons. The van der Waals surface area contributed by atoms with Crippen LogP contribution in [0.25, 0.3) is 10.9 Å². The van der Waals surface area contributed by atoms with Crippen molar-refractivity contribution < 1.29 is 9.59 Å². The van der Waals surface area contributed by atoms with Crippen molar-refractivity contribution in [2.45, 2.75) is 32.9 Å². The number of H-pyrrole nitrogens is 1. The van der Waals surface area contributed by atoms with Gasteiger partial charge >= 0.3 is 0 Å². The standard InChI is InChI=1S/C22H23ClN4O3/c1-3-11-27(22(30)14(2)24-20(28)15-7-5-4-6-8-15)13-19-25-18-12-16(23)9-10-17(18)21(29)26-19/h4-10,12,14H,3,11,13H2,1-2H3,(H,24,28)(H,25,26,29). The van der Waals surface area contributed by atoms with Crippen LogP contribution >= 0.6 is 11.6 Å². The molecule has 0 saturated carbocycles. The Balaban J connectivity index is 1.78. The number of amides is 2. The molecule has 8 heteroatoms. The van der Waals surface area contributed by atoms with Gasteiger partial charge in [0.05, 0.1) is 17.4 Å². The largest absolute Gasteiger partial charge is 0.341 e. The van der Waals surface area contributed by atoms with Crippen LogP contribution in [-0.4, -0.2) is 39.3 Å². The van der Waals surface area contributed by atoms with Crippen molar-refractivity contribution in [3.8, 4) is 0 Å². The molecule has 2 amide bonds. The zero-order valence-corrected chi connectivity index (χ0v) is 17.6. The predicted octanol–water partition coefficient (Wildman–Crippen LogP) is 3.13. The predicted molar refractivity (Wildman–Crippen MR) is 116 cm³/mol. The minimum absolute atomic E-state index is 0.121. The molecular formula is C22H23ClN4O3. The van der Waals surface area contributed by atoms with Gasteiger partial charge in [0.25, 0.3) is 11.5 Å². The number of rotatable bonds is 7. The van der Waals surface area contributed by atoms with E-state index in [1.165, 1.54) is 0 Å². The van der Waals surface area contributed by atoms with Crippen LogP contribution in [-0.2, 0) is 11.3 Å². The second-order valence-electron chi connectivity index (χ2n) is 7.00. The summed E-state index contributed by atoms with van der Waals surface area (Å²) in [5.74, 6) is -0.215. The smallest absolute Gasteiger partial charge is 0.258 e. The maximum absolute atomic E-state index is 13.0. The lowest BCUT2D eigenvalue weighted by Gasteiger charge is -2.25. The number of nitrogens with one attached hydrogen (secondary N) is 2. The molecule has 2 N–H and O–H groups in total. The number of hydrogen-bond donors (Lipinski definition) is 2. The molecule has 0 aliphatic carbocycles.